The Morgan fingerprint density at radius 3 is 2.15 bits per heavy atom. The molecule has 0 unspecified atom stereocenters. The normalized spacial score (nSPS) is 45.1. The molecule has 0 heterocycles. The number of fused-ring (bicyclic) bond motifs is 5. The maximum atomic E-state index is 12.2. The van der Waals surface area contributed by atoms with Gasteiger partial charge in [0, 0.05) is 26.2 Å². The van der Waals surface area contributed by atoms with E-state index in [1.807, 2.05) is 6.92 Å². The molecule has 0 saturated heterocycles. The molecule has 0 spiro atoms. The molecule has 4 saturated carbocycles. The molecular weight excluding hydrogens is 420 g/mol. The van der Waals surface area contributed by atoms with Gasteiger partial charge in [-0.05, 0) is 93.8 Å². The Kier molecular flexibility index (Phi) is 6.37. The summed E-state index contributed by atoms with van der Waals surface area (Å²) in [5.41, 5.74) is -0.688. The summed E-state index contributed by atoms with van der Waals surface area (Å²) in [5.74, 6) is 1.51. The zero-order valence-electron chi connectivity index (χ0n) is 21.3. The summed E-state index contributed by atoms with van der Waals surface area (Å²) in [5, 5.41) is 0. The van der Waals surface area contributed by atoms with E-state index in [1.165, 1.54) is 33.6 Å². The molecule has 4 aliphatic carbocycles. The Bertz CT molecular complexity index is 808. The van der Waals surface area contributed by atoms with Crippen LogP contribution in [0, 0.1) is 34.5 Å². The van der Waals surface area contributed by atoms with E-state index in [0.29, 0.717) is 23.7 Å². The van der Waals surface area contributed by atoms with Crippen molar-refractivity contribution in [3.63, 3.8) is 0 Å². The third kappa shape index (κ3) is 3.89. The second-order valence-electron chi connectivity index (χ2n) is 11.9. The second-order valence-corrected chi connectivity index (χ2v) is 11.9. The van der Waals surface area contributed by atoms with Gasteiger partial charge in [0.15, 0.2) is 5.60 Å². The number of ether oxygens (including phenoxy) is 3. The minimum Gasteiger partial charge on any atom is -0.463 e. The second kappa shape index (κ2) is 8.57. The summed E-state index contributed by atoms with van der Waals surface area (Å²) in [6.07, 6.45) is 8.85. The highest BCUT2D eigenvalue weighted by molar-refractivity contribution is 5.68. The van der Waals surface area contributed by atoms with Crippen molar-refractivity contribution < 1.29 is 28.6 Å². The lowest BCUT2D eigenvalue weighted by molar-refractivity contribution is -0.219. The number of hydrogen-bond acceptors (Lipinski definition) is 6. The topological polar surface area (TPSA) is 78.9 Å². The van der Waals surface area contributed by atoms with Crippen molar-refractivity contribution in [2.75, 3.05) is 0 Å². The van der Waals surface area contributed by atoms with Gasteiger partial charge in [-0.15, -0.1) is 0 Å². The molecule has 0 radical (unpaired) electrons. The number of hydrogen-bond donors (Lipinski definition) is 0. The Labute approximate surface area is 198 Å². The summed E-state index contributed by atoms with van der Waals surface area (Å²) < 4.78 is 17.4. The zero-order valence-corrected chi connectivity index (χ0v) is 21.3. The fraction of sp³-hybridized carbons (Fsp3) is 0.889. The first-order valence-corrected chi connectivity index (χ1v) is 13.0. The van der Waals surface area contributed by atoms with E-state index in [1.54, 1.807) is 0 Å². The van der Waals surface area contributed by atoms with Crippen LogP contribution >= 0.6 is 0 Å². The van der Waals surface area contributed by atoms with Gasteiger partial charge < -0.3 is 14.2 Å². The van der Waals surface area contributed by atoms with E-state index in [2.05, 4.69) is 13.8 Å². The zero-order chi connectivity index (χ0) is 24.2. The van der Waals surface area contributed by atoms with E-state index in [0.717, 1.165) is 44.9 Å². The monoisotopic (exact) mass is 462 g/mol. The molecule has 0 aromatic heterocycles. The Morgan fingerprint density at radius 1 is 0.818 bits per heavy atom. The lowest BCUT2D eigenvalue weighted by Crippen LogP contribution is -2.61. The van der Waals surface area contributed by atoms with Crippen molar-refractivity contribution in [3.8, 4) is 0 Å². The Balaban J connectivity index is 1.59. The van der Waals surface area contributed by atoms with Gasteiger partial charge in [0.1, 0.15) is 12.2 Å². The molecule has 0 N–H and O–H groups in total. The first kappa shape index (κ1) is 24.5. The van der Waals surface area contributed by atoms with Gasteiger partial charge in [-0.3, -0.25) is 14.4 Å². The van der Waals surface area contributed by atoms with Crippen molar-refractivity contribution in [3.05, 3.63) is 0 Å². The van der Waals surface area contributed by atoms with Crippen molar-refractivity contribution in [2.24, 2.45) is 34.5 Å². The lowest BCUT2D eigenvalue weighted by atomic mass is 9.44. The maximum absolute atomic E-state index is 12.2. The average Bonchev–Trinajstić information content (AvgIpc) is 3.00. The van der Waals surface area contributed by atoms with Gasteiger partial charge in [0.25, 0.3) is 0 Å². The minimum atomic E-state index is -0.759. The van der Waals surface area contributed by atoms with Gasteiger partial charge in [-0.2, -0.15) is 0 Å². The molecule has 33 heavy (non-hydrogen) atoms. The highest BCUT2D eigenvalue weighted by Gasteiger charge is 2.68. The molecule has 0 aromatic carbocycles. The van der Waals surface area contributed by atoms with Crippen LogP contribution in [-0.2, 0) is 28.6 Å². The molecule has 6 heteroatoms. The molecule has 4 rings (SSSR count). The van der Waals surface area contributed by atoms with E-state index in [9.17, 15) is 14.4 Å². The van der Waals surface area contributed by atoms with Crippen LogP contribution in [0.25, 0.3) is 0 Å². The molecule has 186 valence electrons. The summed E-state index contributed by atoms with van der Waals surface area (Å²) in [7, 11) is 0. The standard InChI is InChI=1S/C27H42O6/c1-16(31-17(2)28)27(33-19(4)30)14-11-24-22-8-7-20-15-21(32-18(3)29)9-12-25(20,5)23(22)10-13-26(24,27)6/h16,20-24H,7-15H2,1-6H3/t16-,20-,21-,22-,23+,24+,25-,26+,27+/m0/s1. The van der Waals surface area contributed by atoms with Crippen molar-refractivity contribution in [2.45, 2.75) is 117 Å². The van der Waals surface area contributed by atoms with Gasteiger partial charge in [0.2, 0.25) is 0 Å². The van der Waals surface area contributed by atoms with Crippen LogP contribution in [0.2, 0.25) is 0 Å². The predicted octanol–water partition coefficient (Wildman–Crippen LogP) is 5.21. The van der Waals surface area contributed by atoms with Crippen LogP contribution in [0.5, 0.6) is 0 Å². The summed E-state index contributed by atoms with van der Waals surface area (Å²) >= 11 is 0. The molecule has 6 nitrogen and oxygen atoms in total. The van der Waals surface area contributed by atoms with E-state index in [4.69, 9.17) is 14.2 Å². The van der Waals surface area contributed by atoms with Gasteiger partial charge in [0.05, 0.1) is 0 Å². The van der Waals surface area contributed by atoms with Gasteiger partial charge in [-0.1, -0.05) is 13.8 Å². The van der Waals surface area contributed by atoms with Crippen molar-refractivity contribution in [1.29, 1.82) is 0 Å². The van der Waals surface area contributed by atoms with Crippen molar-refractivity contribution in [1.82, 2.24) is 0 Å². The summed E-state index contributed by atoms with van der Waals surface area (Å²) in [6, 6.07) is 0. The lowest BCUT2D eigenvalue weighted by Gasteiger charge is -2.62. The third-order valence-corrected chi connectivity index (χ3v) is 10.5. The van der Waals surface area contributed by atoms with E-state index in [-0.39, 0.29) is 34.8 Å². The summed E-state index contributed by atoms with van der Waals surface area (Å²) in [6.45, 7) is 11.1. The first-order chi connectivity index (χ1) is 15.4. The van der Waals surface area contributed by atoms with Crippen LogP contribution in [0.4, 0.5) is 0 Å². The highest BCUT2D eigenvalue weighted by atomic mass is 16.6. The van der Waals surface area contributed by atoms with Crippen LogP contribution in [0.15, 0.2) is 0 Å². The number of carbonyl (C=O) groups is 3. The molecule has 4 fully saturated rings. The predicted molar refractivity (Wildman–Crippen MR) is 123 cm³/mol. The molecule has 0 amide bonds. The molecule has 0 aliphatic heterocycles. The van der Waals surface area contributed by atoms with Gasteiger partial charge in [-0.25, -0.2) is 0 Å². The van der Waals surface area contributed by atoms with Gasteiger partial charge >= 0.3 is 17.9 Å². The number of rotatable bonds is 4. The largest absolute Gasteiger partial charge is 0.463 e. The third-order valence-electron chi connectivity index (χ3n) is 10.5. The molecule has 9 atom stereocenters. The smallest absolute Gasteiger partial charge is 0.303 e. The fourth-order valence-electron chi connectivity index (χ4n) is 9.11. The minimum absolute atomic E-state index is 0.0682. The first-order valence-electron chi connectivity index (χ1n) is 13.0. The molecule has 4 aliphatic rings. The van der Waals surface area contributed by atoms with E-state index >= 15 is 0 Å². The maximum Gasteiger partial charge on any atom is 0.303 e. The quantitative estimate of drug-likeness (QED) is 0.421. The SMILES string of the molecule is CC(=O)O[C@H]1CC[C@@]2(C)[C@@H](CC[C@H]3[C@H]2CC[C@]2(C)[C@@H]3CC[C@@]2(OC(C)=O)[C@H](C)OC(C)=O)C1. The van der Waals surface area contributed by atoms with Crippen LogP contribution in [0.1, 0.15) is 99.3 Å². The molecular formula is C27H42O6. The summed E-state index contributed by atoms with van der Waals surface area (Å²) in [4.78, 5) is 35.6. The van der Waals surface area contributed by atoms with Crippen LogP contribution in [-0.4, -0.2) is 35.7 Å². The Hall–Kier alpha value is -1.59. The van der Waals surface area contributed by atoms with Crippen molar-refractivity contribution >= 4 is 17.9 Å². The molecule has 0 aromatic rings. The van der Waals surface area contributed by atoms with Crippen LogP contribution in [0.3, 0.4) is 0 Å². The Morgan fingerprint density at radius 2 is 1.52 bits per heavy atom. The average molecular weight is 463 g/mol. The molecule has 0 bridgehead atoms. The fourth-order valence-corrected chi connectivity index (χ4v) is 9.11. The number of esters is 3. The van der Waals surface area contributed by atoms with Crippen LogP contribution < -0.4 is 0 Å². The highest BCUT2D eigenvalue weighted by Crippen LogP contribution is 2.69. The number of carbonyl (C=O) groups excluding carboxylic acids is 3. The van der Waals surface area contributed by atoms with E-state index < -0.39 is 11.7 Å².